The van der Waals surface area contributed by atoms with Gasteiger partial charge in [0.25, 0.3) is 0 Å². The molecular weight excluding hydrogens is 357 g/mol. The van der Waals surface area contributed by atoms with Crippen LogP contribution in [0.25, 0.3) is 0 Å². The summed E-state index contributed by atoms with van der Waals surface area (Å²) in [6.45, 7) is 2.32. The van der Waals surface area contributed by atoms with Gasteiger partial charge in [-0.3, -0.25) is 14.6 Å². The maximum atomic E-state index is 13.3. The fourth-order valence-corrected chi connectivity index (χ4v) is 4.36. The largest absolute Gasteiger partial charge is 0.341 e. The van der Waals surface area contributed by atoms with E-state index in [1.54, 1.807) is 24.5 Å². The van der Waals surface area contributed by atoms with Gasteiger partial charge < -0.3 is 9.80 Å². The molecule has 1 atom stereocenters. The maximum absolute atomic E-state index is 13.3. The highest BCUT2D eigenvalue weighted by Gasteiger charge is 2.49. The highest BCUT2D eigenvalue weighted by Crippen LogP contribution is 2.40. The Morgan fingerprint density at radius 1 is 1.04 bits per heavy atom. The Kier molecular flexibility index (Phi) is 5.11. The molecule has 2 aliphatic heterocycles. The highest BCUT2D eigenvalue weighted by molar-refractivity contribution is 5.86. The molecule has 1 aromatic heterocycles. The minimum Gasteiger partial charge on any atom is -0.341 e. The zero-order valence-electron chi connectivity index (χ0n) is 15.8. The molecule has 146 valence electrons. The molecule has 0 N–H and O–H groups in total. The van der Waals surface area contributed by atoms with E-state index in [1.807, 2.05) is 21.9 Å². The summed E-state index contributed by atoms with van der Waals surface area (Å²) in [5, 5.41) is 0. The third-order valence-electron chi connectivity index (χ3n) is 5.92. The zero-order chi connectivity index (χ0) is 19.6. The fourth-order valence-electron chi connectivity index (χ4n) is 4.36. The van der Waals surface area contributed by atoms with E-state index in [0.29, 0.717) is 39.0 Å². The topological polar surface area (TPSA) is 53.5 Å². The Hall–Kier alpha value is -2.76. The van der Waals surface area contributed by atoms with E-state index >= 15 is 0 Å². The number of hydrogen-bond acceptors (Lipinski definition) is 3. The molecule has 28 heavy (non-hydrogen) atoms. The van der Waals surface area contributed by atoms with Crippen molar-refractivity contribution in [3.05, 3.63) is 65.7 Å². The van der Waals surface area contributed by atoms with Crippen molar-refractivity contribution in [1.29, 1.82) is 0 Å². The molecule has 3 heterocycles. The van der Waals surface area contributed by atoms with E-state index in [1.165, 1.54) is 12.1 Å². The first-order valence-electron chi connectivity index (χ1n) is 9.76. The molecule has 0 aliphatic carbocycles. The van der Waals surface area contributed by atoms with Gasteiger partial charge in [-0.25, -0.2) is 4.39 Å². The average Bonchev–Trinajstić information content (AvgIpc) is 3.13. The number of aromatic nitrogens is 1. The van der Waals surface area contributed by atoms with Crippen molar-refractivity contribution >= 4 is 11.8 Å². The molecule has 5 nitrogen and oxygen atoms in total. The molecule has 0 unspecified atom stereocenters. The van der Waals surface area contributed by atoms with Crippen LogP contribution in [0, 0.1) is 11.2 Å². The molecule has 4 rings (SSSR count). The molecule has 1 aromatic carbocycles. The molecule has 2 aliphatic rings. The summed E-state index contributed by atoms with van der Waals surface area (Å²) in [5.74, 6) is -0.0850. The molecule has 2 saturated heterocycles. The number of carbonyl (C=O) groups excluding carboxylic acids is 2. The summed E-state index contributed by atoms with van der Waals surface area (Å²) < 4.78 is 13.1. The summed E-state index contributed by atoms with van der Waals surface area (Å²) in [7, 11) is 0. The molecular formula is C22H24FN3O2. The number of likely N-dealkylation sites (tertiary alicyclic amines) is 2. The van der Waals surface area contributed by atoms with E-state index in [0.717, 1.165) is 24.0 Å². The average molecular weight is 381 g/mol. The van der Waals surface area contributed by atoms with Crippen LogP contribution in [0.4, 0.5) is 4.39 Å². The predicted molar refractivity (Wildman–Crippen MR) is 103 cm³/mol. The smallest absolute Gasteiger partial charge is 0.230 e. The standard InChI is InChI=1S/C22H24FN3O2/c23-19-4-2-18(3-5-19)15-25-12-1-8-22(21(25)28)9-13-26(16-22)20(27)14-17-6-10-24-11-7-17/h2-7,10-11H,1,8-9,12-16H2/t22-/m0/s1. The summed E-state index contributed by atoms with van der Waals surface area (Å²) in [6, 6.07) is 10.00. The number of halogens is 1. The van der Waals surface area contributed by atoms with Gasteiger partial charge in [0.1, 0.15) is 5.82 Å². The number of carbonyl (C=O) groups is 2. The Morgan fingerprint density at radius 2 is 1.79 bits per heavy atom. The zero-order valence-corrected chi connectivity index (χ0v) is 15.8. The lowest BCUT2D eigenvalue weighted by Gasteiger charge is -2.39. The van der Waals surface area contributed by atoms with Crippen LogP contribution in [0.5, 0.6) is 0 Å². The Bertz CT molecular complexity index is 856. The second-order valence-corrected chi connectivity index (χ2v) is 7.83. The van der Waals surface area contributed by atoms with Gasteiger partial charge in [0.05, 0.1) is 11.8 Å². The Labute approximate surface area is 164 Å². The summed E-state index contributed by atoms with van der Waals surface area (Å²) >= 11 is 0. The molecule has 2 fully saturated rings. The van der Waals surface area contributed by atoms with Gasteiger partial charge in [-0.15, -0.1) is 0 Å². The van der Waals surface area contributed by atoms with Crippen LogP contribution in [-0.4, -0.2) is 46.2 Å². The lowest BCUT2D eigenvalue weighted by atomic mass is 9.78. The monoisotopic (exact) mass is 381 g/mol. The van der Waals surface area contributed by atoms with Gasteiger partial charge in [-0.2, -0.15) is 0 Å². The van der Waals surface area contributed by atoms with Gasteiger partial charge in [0, 0.05) is 38.6 Å². The minimum atomic E-state index is -0.466. The number of hydrogen-bond donors (Lipinski definition) is 0. The summed E-state index contributed by atoms with van der Waals surface area (Å²) in [4.78, 5) is 33.6. The summed E-state index contributed by atoms with van der Waals surface area (Å²) in [5.41, 5.74) is 1.40. The number of pyridine rings is 1. The fraction of sp³-hybridized carbons (Fsp3) is 0.409. The number of piperidine rings is 1. The van der Waals surface area contributed by atoms with Crippen LogP contribution in [-0.2, 0) is 22.6 Å². The van der Waals surface area contributed by atoms with Gasteiger partial charge in [0.15, 0.2) is 0 Å². The molecule has 0 bridgehead atoms. The SMILES string of the molecule is O=C(Cc1ccncc1)N1CC[C@@]2(CCCN(Cc3ccc(F)cc3)C2=O)C1. The van der Waals surface area contributed by atoms with Crippen LogP contribution in [0.2, 0.25) is 0 Å². The van der Waals surface area contributed by atoms with E-state index in [2.05, 4.69) is 4.98 Å². The molecule has 2 amide bonds. The minimum absolute atomic E-state index is 0.0616. The molecule has 0 saturated carbocycles. The highest BCUT2D eigenvalue weighted by atomic mass is 19.1. The molecule has 2 aromatic rings. The van der Waals surface area contributed by atoms with Crippen molar-refractivity contribution in [3.63, 3.8) is 0 Å². The van der Waals surface area contributed by atoms with Gasteiger partial charge in [-0.05, 0) is 54.7 Å². The third kappa shape index (κ3) is 3.77. The second kappa shape index (κ2) is 7.70. The van der Waals surface area contributed by atoms with Crippen molar-refractivity contribution in [2.24, 2.45) is 5.41 Å². The number of rotatable bonds is 4. The van der Waals surface area contributed by atoms with E-state index < -0.39 is 5.41 Å². The Morgan fingerprint density at radius 3 is 2.54 bits per heavy atom. The number of nitrogens with zero attached hydrogens (tertiary/aromatic N) is 3. The molecule has 1 spiro atoms. The lowest BCUT2D eigenvalue weighted by Crippen LogP contribution is -2.50. The van der Waals surface area contributed by atoms with Crippen LogP contribution >= 0.6 is 0 Å². The maximum Gasteiger partial charge on any atom is 0.230 e. The Balaban J connectivity index is 1.42. The van der Waals surface area contributed by atoms with Crippen LogP contribution in [0.1, 0.15) is 30.4 Å². The third-order valence-corrected chi connectivity index (χ3v) is 5.92. The quantitative estimate of drug-likeness (QED) is 0.818. The van der Waals surface area contributed by atoms with Crippen molar-refractivity contribution in [1.82, 2.24) is 14.8 Å². The first kappa shape index (κ1) is 18.6. The van der Waals surface area contributed by atoms with E-state index in [4.69, 9.17) is 0 Å². The second-order valence-electron chi connectivity index (χ2n) is 7.83. The number of benzene rings is 1. The first-order valence-corrected chi connectivity index (χ1v) is 9.76. The lowest BCUT2D eigenvalue weighted by molar-refractivity contribution is -0.146. The van der Waals surface area contributed by atoms with Crippen LogP contribution in [0.15, 0.2) is 48.8 Å². The van der Waals surface area contributed by atoms with Crippen molar-refractivity contribution in [3.8, 4) is 0 Å². The van der Waals surface area contributed by atoms with Crippen molar-refractivity contribution < 1.29 is 14.0 Å². The van der Waals surface area contributed by atoms with Crippen molar-refractivity contribution in [2.45, 2.75) is 32.2 Å². The first-order chi connectivity index (χ1) is 13.6. The van der Waals surface area contributed by atoms with Crippen LogP contribution < -0.4 is 0 Å². The predicted octanol–water partition coefficient (Wildman–Crippen LogP) is 2.80. The summed E-state index contributed by atoms with van der Waals surface area (Å²) in [6.07, 6.45) is 6.18. The van der Waals surface area contributed by atoms with Gasteiger partial charge >= 0.3 is 0 Å². The number of amides is 2. The van der Waals surface area contributed by atoms with E-state index in [-0.39, 0.29) is 17.6 Å². The van der Waals surface area contributed by atoms with Crippen molar-refractivity contribution in [2.75, 3.05) is 19.6 Å². The van der Waals surface area contributed by atoms with Crippen LogP contribution in [0.3, 0.4) is 0 Å². The molecule has 0 radical (unpaired) electrons. The molecule has 6 heteroatoms. The van der Waals surface area contributed by atoms with Gasteiger partial charge in [-0.1, -0.05) is 12.1 Å². The normalized spacial score (nSPS) is 22.1. The van der Waals surface area contributed by atoms with Gasteiger partial charge in [0.2, 0.25) is 11.8 Å². The van der Waals surface area contributed by atoms with E-state index in [9.17, 15) is 14.0 Å².